The van der Waals surface area contributed by atoms with Crippen molar-refractivity contribution < 1.29 is 44.3 Å². The van der Waals surface area contributed by atoms with Crippen LogP contribution >= 0.6 is 6.89 Å². The van der Waals surface area contributed by atoms with Gasteiger partial charge in [-0.2, -0.15) is 0 Å². The van der Waals surface area contributed by atoms with E-state index < -0.39 is 36.0 Å². The predicted molar refractivity (Wildman–Crippen MR) is 117 cm³/mol. The Morgan fingerprint density at radius 1 is 0.500 bits per heavy atom. The molecular weight excluding hydrogens is 534 g/mol. The minimum absolute atomic E-state index is 0. The molecule has 0 atom stereocenters. The van der Waals surface area contributed by atoms with Gasteiger partial charge in [-0.15, -0.1) is 6.07 Å². The third kappa shape index (κ3) is 5.48. The first-order valence-electron chi connectivity index (χ1n) is 9.16. The first-order chi connectivity index (χ1) is 14.9. The molecule has 0 aliphatic carbocycles. The molecule has 0 nitrogen and oxygen atoms in total. The van der Waals surface area contributed by atoms with Crippen molar-refractivity contribution >= 4 is 29.1 Å². The molecule has 0 unspecified atom stereocenters. The maximum absolute atomic E-state index is 12.0. The SMILES string of the molecule is C=P(c1ccccc1)(c1ccccc1)c1ccccc1.Fc1[c-]c(F)c(F)c(F)c1F.[Ag+]. The van der Waals surface area contributed by atoms with E-state index in [1.165, 1.54) is 15.9 Å². The van der Waals surface area contributed by atoms with E-state index in [0.717, 1.165) is 6.07 Å². The Morgan fingerprint density at radius 3 is 1.06 bits per heavy atom. The molecule has 0 fully saturated rings. The maximum Gasteiger partial charge on any atom is 1.00 e. The standard InChI is InChI=1S/C19H17P.C6F5.Ag/c1-20(17-11-5-2-6-12-17,18-13-7-3-8-14-18)19-15-9-4-10-16-19;7-2-1-3(8)5(10)6(11)4(2)9;/h2-16H,1H2;;/q;-1;+1. The van der Waals surface area contributed by atoms with Gasteiger partial charge in [0.15, 0.2) is 0 Å². The van der Waals surface area contributed by atoms with Gasteiger partial charge in [-0.3, -0.25) is 8.78 Å². The number of rotatable bonds is 3. The molecule has 0 aliphatic heterocycles. The summed E-state index contributed by atoms with van der Waals surface area (Å²) in [6.07, 6.45) is 4.69. The van der Waals surface area contributed by atoms with E-state index in [1.54, 1.807) is 0 Å². The summed E-state index contributed by atoms with van der Waals surface area (Å²) in [6.45, 7) is -1.78. The zero-order chi connectivity index (χ0) is 22.4. The fourth-order valence-electron chi connectivity index (χ4n) is 2.99. The van der Waals surface area contributed by atoms with Crippen molar-refractivity contribution in [3.8, 4) is 0 Å². The molecule has 0 spiro atoms. The molecule has 0 aliphatic rings. The fourth-order valence-corrected chi connectivity index (χ4v) is 5.93. The third-order valence-corrected chi connectivity index (χ3v) is 8.12. The Balaban J connectivity index is 0.000000259. The minimum Gasteiger partial charge on any atom is -0.278 e. The summed E-state index contributed by atoms with van der Waals surface area (Å²) in [5.41, 5.74) is 0. The van der Waals surface area contributed by atoms with Crippen LogP contribution < -0.4 is 15.9 Å². The van der Waals surface area contributed by atoms with Crippen molar-refractivity contribution in [2.75, 3.05) is 0 Å². The van der Waals surface area contributed by atoms with Crippen molar-refractivity contribution in [2.45, 2.75) is 0 Å². The molecule has 0 aromatic heterocycles. The van der Waals surface area contributed by atoms with E-state index in [1.807, 2.05) is 0 Å². The molecule has 0 saturated heterocycles. The quantitative estimate of drug-likeness (QED) is 0.0778. The Labute approximate surface area is 199 Å². The van der Waals surface area contributed by atoms with Crippen LogP contribution in [0.5, 0.6) is 0 Å². The molecule has 7 heteroatoms. The topological polar surface area (TPSA) is 0 Å². The van der Waals surface area contributed by atoms with Gasteiger partial charge in [-0.05, 0) is 22.8 Å². The largest absolute Gasteiger partial charge is 1.00 e. The van der Waals surface area contributed by atoms with Gasteiger partial charge in [0.25, 0.3) is 0 Å². The Kier molecular flexibility index (Phi) is 9.23. The van der Waals surface area contributed by atoms with Crippen molar-refractivity contribution in [2.24, 2.45) is 0 Å². The van der Waals surface area contributed by atoms with Gasteiger partial charge in [0.1, 0.15) is 0 Å². The summed E-state index contributed by atoms with van der Waals surface area (Å²) in [6, 6.07) is 33.0. The Morgan fingerprint density at radius 2 is 0.781 bits per heavy atom. The number of hydrogen-bond acceptors (Lipinski definition) is 0. The van der Waals surface area contributed by atoms with Gasteiger partial charge in [-0.25, -0.2) is 13.2 Å². The van der Waals surface area contributed by atoms with E-state index in [-0.39, 0.29) is 22.4 Å². The van der Waals surface area contributed by atoms with Crippen molar-refractivity contribution in [3.63, 3.8) is 0 Å². The molecule has 0 saturated carbocycles. The molecular formula is C25H17AgF5P. The zero-order valence-corrected chi connectivity index (χ0v) is 18.9. The number of hydrogen-bond donors (Lipinski definition) is 0. The summed E-state index contributed by atoms with van der Waals surface area (Å²) < 4.78 is 59.9. The molecule has 4 aromatic rings. The van der Waals surface area contributed by atoms with Gasteiger partial charge in [-0.1, -0.05) is 97.3 Å². The molecule has 4 rings (SSSR count). The monoisotopic (exact) mass is 550 g/mol. The van der Waals surface area contributed by atoms with Crippen LogP contribution in [0.2, 0.25) is 0 Å². The summed E-state index contributed by atoms with van der Waals surface area (Å²) in [5, 5.41) is 3.95. The molecule has 0 heterocycles. The minimum atomic E-state index is -2.17. The smallest absolute Gasteiger partial charge is 0.278 e. The van der Waals surface area contributed by atoms with Crippen molar-refractivity contribution in [1.82, 2.24) is 0 Å². The second kappa shape index (κ2) is 11.4. The van der Waals surface area contributed by atoms with E-state index in [4.69, 9.17) is 6.30 Å². The summed E-state index contributed by atoms with van der Waals surface area (Å²) in [4.78, 5) is 0. The van der Waals surface area contributed by atoms with Crippen LogP contribution in [0.3, 0.4) is 0 Å². The van der Waals surface area contributed by atoms with Gasteiger partial charge >= 0.3 is 22.4 Å². The van der Waals surface area contributed by atoms with Crippen LogP contribution in [-0.4, -0.2) is 6.30 Å². The Hall–Kier alpha value is -2.43. The van der Waals surface area contributed by atoms with E-state index >= 15 is 0 Å². The van der Waals surface area contributed by atoms with Crippen LogP contribution in [-0.2, 0) is 22.4 Å². The van der Waals surface area contributed by atoms with Gasteiger partial charge in [0.2, 0.25) is 0 Å². The Bertz CT molecular complexity index is 1070. The van der Waals surface area contributed by atoms with Crippen LogP contribution in [0.15, 0.2) is 91.0 Å². The molecule has 32 heavy (non-hydrogen) atoms. The van der Waals surface area contributed by atoms with Crippen molar-refractivity contribution in [3.05, 3.63) is 126 Å². The molecule has 0 radical (unpaired) electrons. The third-order valence-electron chi connectivity index (χ3n) is 4.58. The normalized spacial score (nSPS) is 10.5. The second-order valence-electron chi connectivity index (χ2n) is 6.51. The second-order valence-corrected chi connectivity index (χ2v) is 9.68. The van der Waals surface area contributed by atoms with Gasteiger partial charge in [0.05, 0.1) is 29.1 Å². The maximum atomic E-state index is 12.0. The molecule has 4 aromatic carbocycles. The van der Waals surface area contributed by atoms with Gasteiger partial charge < -0.3 is 0 Å². The molecule has 0 amide bonds. The van der Waals surface area contributed by atoms with Crippen LogP contribution in [0.25, 0.3) is 0 Å². The van der Waals surface area contributed by atoms with Crippen LogP contribution in [0.4, 0.5) is 22.0 Å². The molecule has 168 valence electrons. The number of benzene rings is 4. The molecule has 0 bridgehead atoms. The first kappa shape index (κ1) is 25.8. The number of halogens is 5. The van der Waals surface area contributed by atoms with E-state index in [0.29, 0.717) is 0 Å². The molecule has 0 N–H and O–H groups in total. The van der Waals surface area contributed by atoms with Crippen LogP contribution in [0, 0.1) is 35.2 Å². The zero-order valence-electron chi connectivity index (χ0n) is 16.5. The first-order valence-corrected chi connectivity index (χ1v) is 11.1. The van der Waals surface area contributed by atoms with Crippen LogP contribution in [0.1, 0.15) is 0 Å². The summed E-state index contributed by atoms with van der Waals surface area (Å²) in [7, 11) is 0. The van der Waals surface area contributed by atoms with E-state index in [9.17, 15) is 22.0 Å². The van der Waals surface area contributed by atoms with Crippen molar-refractivity contribution in [1.29, 1.82) is 0 Å². The fraction of sp³-hybridized carbons (Fsp3) is 0. The average molecular weight is 551 g/mol. The predicted octanol–water partition coefficient (Wildman–Crippen LogP) is 5.59. The summed E-state index contributed by atoms with van der Waals surface area (Å²) in [5.74, 6) is -10.0. The van der Waals surface area contributed by atoms with Gasteiger partial charge in [0, 0.05) is 0 Å². The average Bonchev–Trinajstić information content (AvgIpc) is 2.83. The summed E-state index contributed by atoms with van der Waals surface area (Å²) >= 11 is 0. The van der Waals surface area contributed by atoms with E-state index in [2.05, 4.69) is 91.0 Å².